The lowest BCUT2D eigenvalue weighted by molar-refractivity contribution is -0.131. The summed E-state index contributed by atoms with van der Waals surface area (Å²) in [6.45, 7) is 7.86. The summed E-state index contributed by atoms with van der Waals surface area (Å²) in [6, 6.07) is 1.74. The summed E-state index contributed by atoms with van der Waals surface area (Å²) in [5, 5.41) is 11.4. The molecule has 88 valence electrons. The number of carbonyl (C=O) groups excluding carboxylic acids is 2. The molecule has 0 heterocycles. The van der Waals surface area contributed by atoms with Crippen molar-refractivity contribution in [3.05, 3.63) is 12.7 Å². The molecule has 0 bridgehead atoms. The number of rotatable bonds is 7. The number of nitrogens with one attached hydrogen (secondary N) is 1. The van der Waals surface area contributed by atoms with Crippen molar-refractivity contribution in [1.82, 2.24) is 5.32 Å². The molecule has 0 rings (SSSR count). The van der Waals surface area contributed by atoms with Crippen molar-refractivity contribution in [2.24, 2.45) is 11.8 Å². The SMILES string of the molecule is C=CCCC(=O)[C@@H](C#N)C(=O)NCC(C)C. The molecule has 0 aliphatic heterocycles. The molecule has 0 aromatic rings. The molecule has 1 atom stereocenters. The summed E-state index contributed by atoms with van der Waals surface area (Å²) in [6.07, 6.45) is 2.28. The topological polar surface area (TPSA) is 70.0 Å². The Hall–Kier alpha value is -1.63. The molecule has 0 aliphatic carbocycles. The van der Waals surface area contributed by atoms with Gasteiger partial charge in [-0.2, -0.15) is 5.26 Å². The minimum atomic E-state index is -1.18. The molecule has 4 heteroatoms. The van der Waals surface area contributed by atoms with Crippen LogP contribution < -0.4 is 5.32 Å². The largest absolute Gasteiger partial charge is 0.354 e. The third-order valence-corrected chi connectivity index (χ3v) is 1.99. The molecular formula is C12H18N2O2. The van der Waals surface area contributed by atoms with Crippen LogP contribution in [-0.4, -0.2) is 18.2 Å². The van der Waals surface area contributed by atoms with Gasteiger partial charge in [0.15, 0.2) is 11.7 Å². The van der Waals surface area contributed by atoms with E-state index in [2.05, 4.69) is 11.9 Å². The van der Waals surface area contributed by atoms with Gasteiger partial charge in [0, 0.05) is 13.0 Å². The Labute approximate surface area is 96.3 Å². The zero-order valence-electron chi connectivity index (χ0n) is 9.82. The second-order valence-electron chi connectivity index (χ2n) is 3.99. The van der Waals surface area contributed by atoms with E-state index < -0.39 is 11.8 Å². The zero-order chi connectivity index (χ0) is 12.6. The van der Waals surface area contributed by atoms with Crippen molar-refractivity contribution < 1.29 is 9.59 Å². The van der Waals surface area contributed by atoms with Crippen LogP contribution >= 0.6 is 0 Å². The van der Waals surface area contributed by atoms with Gasteiger partial charge in [-0.3, -0.25) is 9.59 Å². The highest BCUT2D eigenvalue weighted by molar-refractivity contribution is 6.03. The molecule has 0 unspecified atom stereocenters. The van der Waals surface area contributed by atoms with E-state index >= 15 is 0 Å². The second-order valence-corrected chi connectivity index (χ2v) is 3.99. The minimum Gasteiger partial charge on any atom is -0.354 e. The van der Waals surface area contributed by atoms with Crippen LogP contribution in [0.3, 0.4) is 0 Å². The number of carbonyl (C=O) groups is 2. The molecule has 0 saturated carbocycles. The highest BCUT2D eigenvalue weighted by atomic mass is 16.2. The van der Waals surface area contributed by atoms with Gasteiger partial charge in [-0.15, -0.1) is 6.58 Å². The molecule has 0 spiro atoms. The number of hydrogen-bond acceptors (Lipinski definition) is 3. The number of amides is 1. The predicted molar refractivity (Wildman–Crippen MR) is 61.4 cm³/mol. The van der Waals surface area contributed by atoms with Gasteiger partial charge in [0.25, 0.3) is 0 Å². The van der Waals surface area contributed by atoms with E-state index in [0.717, 1.165) is 0 Å². The lowest BCUT2D eigenvalue weighted by Gasteiger charge is -2.10. The Morgan fingerprint density at radius 2 is 2.12 bits per heavy atom. The van der Waals surface area contributed by atoms with Crippen LogP contribution in [0.5, 0.6) is 0 Å². The van der Waals surface area contributed by atoms with Crippen molar-refractivity contribution in [3.8, 4) is 6.07 Å². The zero-order valence-corrected chi connectivity index (χ0v) is 9.82. The average Bonchev–Trinajstić information content (AvgIpc) is 2.24. The predicted octanol–water partition coefficient (Wildman–Crippen LogP) is 1.43. The molecule has 4 nitrogen and oxygen atoms in total. The van der Waals surface area contributed by atoms with Crippen molar-refractivity contribution in [2.45, 2.75) is 26.7 Å². The number of hydrogen-bond donors (Lipinski definition) is 1. The normalized spacial score (nSPS) is 11.6. The molecule has 0 fully saturated rings. The van der Waals surface area contributed by atoms with Gasteiger partial charge < -0.3 is 5.32 Å². The Bertz CT molecular complexity index is 303. The average molecular weight is 222 g/mol. The first-order valence-corrected chi connectivity index (χ1v) is 5.33. The standard InChI is InChI=1S/C12H18N2O2/c1-4-5-6-11(15)10(7-13)12(16)14-8-9(2)3/h4,9-10H,1,5-6,8H2,2-3H3,(H,14,16)/t10-/m1/s1. The maximum absolute atomic E-state index is 11.5. The van der Waals surface area contributed by atoms with E-state index in [1.165, 1.54) is 0 Å². The van der Waals surface area contributed by atoms with Crippen molar-refractivity contribution in [1.29, 1.82) is 5.26 Å². The van der Waals surface area contributed by atoms with Crippen LogP contribution in [0.25, 0.3) is 0 Å². The summed E-state index contributed by atoms with van der Waals surface area (Å²) in [5.41, 5.74) is 0. The molecule has 0 radical (unpaired) electrons. The number of Topliss-reactive ketones (excluding diaryl/α,β-unsaturated/α-hetero) is 1. The Morgan fingerprint density at radius 1 is 1.50 bits per heavy atom. The first kappa shape index (κ1) is 14.4. The summed E-state index contributed by atoms with van der Waals surface area (Å²) in [4.78, 5) is 23.0. The quantitative estimate of drug-likeness (QED) is 0.523. The number of nitrogens with zero attached hydrogens (tertiary/aromatic N) is 1. The van der Waals surface area contributed by atoms with Crippen LogP contribution in [0.4, 0.5) is 0 Å². The maximum Gasteiger partial charge on any atom is 0.245 e. The first-order chi connectivity index (χ1) is 7.52. The molecular weight excluding hydrogens is 204 g/mol. The smallest absolute Gasteiger partial charge is 0.245 e. The van der Waals surface area contributed by atoms with E-state index in [9.17, 15) is 9.59 Å². The van der Waals surface area contributed by atoms with Crippen LogP contribution in [-0.2, 0) is 9.59 Å². The van der Waals surface area contributed by atoms with E-state index in [-0.39, 0.29) is 12.2 Å². The third kappa shape index (κ3) is 5.30. The molecule has 0 aromatic carbocycles. The van der Waals surface area contributed by atoms with Gasteiger partial charge in [0.1, 0.15) is 0 Å². The van der Waals surface area contributed by atoms with Gasteiger partial charge >= 0.3 is 0 Å². The summed E-state index contributed by atoms with van der Waals surface area (Å²) in [7, 11) is 0. The second kappa shape index (κ2) is 7.63. The lowest BCUT2D eigenvalue weighted by Crippen LogP contribution is -2.36. The molecule has 16 heavy (non-hydrogen) atoms. The fourth-order valence-electron chi connectivity index (χ4n) is 1.07. The highest BCUT2D eigenvalue weighted by Crippen LogP contribution is 2.04. The van der Waals surface area contributed by atoms with E-state index in [0.29, 0.717) is 18.9 Å². The third-order valence-electron chi connectivity index (χ3n) is 1.99. The van der Waals surface area contributed by atoms with Crippen molar-refractivity contribution >= 4 is 11.7 Å². The highest BCUT2D eigenvalue weighted by Gasteiger charge is 2.25. The fourth-order valence-corrected chi connectivity index (χ4v) is 1.07. The van der Waals surface area contributed by atoms with Crippen molar-refractivity contribution in [3.63, 3.8) is 0 Å². The van der Waals surface area contributed by atoms with Gasteiger partial charge in [-0.05, 0) is 12.3 Å². The molecule has 1 N–H and O–H groups in total. The molecule has 0 aliphatic rings. The Balaban J connectivity index is 4.27. The number of ketones is 1. The summed E-state index contributed by atoms with van der Waals surface area (Å²) in [5.74, 6) is -1.72. The van der Waals surface area contributed by atoms with Crippen LogP contribution in [0.1, 0.15) is 26.7 Å². The minimum absolute atomic E-state index is 0.191. The van der Waals surface area contributed by atoms with Crippen LogP contribution in [0, 0.1) is 23.2 Å². The molecule has 0 saturated heterocycles. The van der Waals surface area contributed by atoms with Gasteiger partial charge in [0.2, 0.25) is 5.91 Å². The lowest BCUT2D eigenvalue weighted by atomic mass is 10.0. The number of nitriles is 1. The Morgan fingerprint density at radius 3 is 2.56 bits per heavy atom. The molecule has 1 amide bonds. The van der Waals surface area contributed by atoms with Gasteiger partial charge in [-0.25, -0.2) is 0 Å². The van der Waals surface area contributed by atoms with Crippen LogP contribution in [0.15, 0.2) is 12.7 Å². The fraction of sp³-hybridized carbons (Fsp3) is 0.583. The van der Waals surface area contributed by atoms with E-state index in [4.69, 9.17) is 5.26 Å². The summed E-state index contributed by atoms with van der Waals surface area (Å²) < 4.78 is 0. The summed E-state index contributed by atoms with van der Waals surface area (Å²) >= 11 is 0. The van der Waals surface area contributed by atoms with Crippen LogP contribution in [0.2, 0.25) is 0 Å². The van der Waals surface area contributed by atoms with E-state index in [1.807, 2.05) is 13.8 Å². The van der Waals surface area contributed by atoms with Crippen molar-refractivity contribution in [2.75, 3.05) is 6.54 Å². The number of allylic oxidation sites excluding steroid dienone is 1. The Kier molecular flexibility index (Phi) is 6.86. The first-order valence-electron chi connectivity index (χ1n) is 5.33. The van der Waals surface area contributed by atoms with Gasteiger partial charge in [-0.1, -0.05) is 19.9 Å². The monoisotopic (exact) mass is 222 g/mol. The van der Waals surface area contributed by atoms with Gasteiger partial charge in [0.05, 0.1) is 6.07 Å². The molecule has 0 aromatic heterocycles. The van der Waals surface area contributed by atoms with E-state index in [1.54, 1.807) is 12.1 Å². The maximum atomic E-state index is 11.5.